The third kappa shape index (κ3) is 2.86. The van der Waals surface area contributed by atoms with Crippen LogP contribution in [0.4, 0.5) is 0 Å². The molecule has 0 radical (unpaired) electrons. The molecule has 0 aliphatic heterocycles. The Morgan fingerprint density at radius 2 is 1.36 bits per heavy atom. The highest BCUT2D eigenvalue weighted by Crippen LogP contribution is 2.39. The number of nitrogens with zero attached hydrogens (tertiary/aromatic N) is 3. The molecule has 0 spiro atoms. The zero-order valence-electron chi connectivity index (χ0n) is 21.2. The molecule has 0 saturated heterocycles. The van der Waals surface area contributed by atoms with Crippen LogP contribution in [-0.4, -0.2) is 19.1 Å². The van der Waals surface area contributed by atoms with Crippen molar-refractivity contribution in [1.82, 2.24) is 19.1 Å². The molecule has 4 heteroatoms. The Morgan fingerprint density at radius 1 is 0.615 bits per heavy atom. The van der Waals surface area contributed by atoms with Crippen LogP contribution in [0.5, 0.6) is 0 Å². The molecule has 9 rings (SSSR count). The molecule has 184 valence electrons. The topological polar surface area (TPSA) is 38.5 Å². The Bertz CT molecular complexity index is 2340. The zero-order valence-corrected chi connectivity index (χ0v) is 21.2. The van der Waals surface area contributed by atoms with Gasteiger partial charge >= 0.3 is 0 Å². The van der Waals surface area contributed by atoms with Gasteiger partial charge in [0.2, 0.25) is 0 Å². The van der Waals surface area contributed by atoms with E-state index in [0.717, 1.165) is 40.7 Å². The molecule has 4 aromatic heterocycles. The lowest BCUT2D eigenvalue weighted by Crippen LogP contribution is -1.99. The number of allylic oxidation sites excluding steroid dienone is 4. The highest BCUT2D eigenvalue weighted by molar-refractivity contribution is 6.16. The molecular weight excluding hydrogens is 476 g/mol. The summed E-state index contributed by atoms with van der Waals surface area (Å²) in [5.41, 5.74) is 10.3. The van der Waals surface area contributed by atoms with Gasteiger partial charge in [0.1, 0.15) is 5.65 Å². The van der Waals surface area contributed by atoms with E-state index < -0.39 is 0 Å². The Hall–Kier alpha value is -5.09. The third-order valence-corrected chi connectivity index (χ3v) is 8.30. The van der Waals surface area contributed by atoms with Gasteiger partial charge in [0.05, 0.1) is 22.1 Å². The maximum Gasteiger partial charge on any atom is 0.146 e. The number of aromatic amines is 1. The molecule has 1 N–H and O–H groups in total. The fourth-order valence-corrected chi connectivity index (χ4v) is 6.56. The van der Waals surface area contributed by atoms with Gasteiger partial charge in [-0.3, -0.25) is 4.57 Å². The predicted molar refractivity (Wildman–Crippen MR) is 164 cm³/mol. The van der Waals surface area contributed by atoms with E-state index in [-0.39, 0.29) is 0 Å². The first-order chi connectivity index (χ1) is 19.3. The van der Waals surface area contributed by atoms with E-state index in [2.05, 4.69) is 129 Å². The van der Waals surface area contributed by atoms with E-state index in [1.54, 1.807) is 0 Å². The molecule has 8 aromatic rings. The monoisotopic (exact) mass is 500 g/mol. The summed E-state index contributed by atoms with van der Waals surface area (Å²) in [5.74, 6) is 0. The van der Waals surface area contributed by atoms with Gasteiger partial charge in [0, 0.05) is 49.3 Å². The maximum absolute atomic E-state index is 5.45. The van der Waals surface area contributed by atoms with E-state index in [0.29, 0.717) is 0 Å². The van der Waals surface area contributed by atoms with Gasteiger partial charge in [0.25, 0.3) is 0 Å². The van der Waals surface area contributed by atoms with Crippen molar-refractivity contribution in [1.29, 1.82) is 0 Å². The molecule has 4 heterocycles. The van der Waals surface area contributed by atoms with Crippen LogP contribution in [0.2, 0.25) is 0 Å². The van der Waals surface area contributed by atoms with Crippen molar-refractivity contribution in [2.75, 3.05) is 0 Å². The predicted octanol–water partition coefficient (Wildman–Crippen LogP) is 9.11. The second-order valence-corrected chi connectivity index (χ2v) is 10.5. The first kappa shape index (κ1) is 20.9. The zero-order chi connectivity index (χ0) is 25.5. The maximum atomic E-state index is 5.45. The molecule has 0 bridgehead atoms. The van der Waals surface area contributed by atoms with Gasteiger partial charge < -0.3 is 9.55 Å². The highest BCUT2D eigenvalue weighted by atomic mass is 15.1. The van der Waals surface area contributed by atoms with Crippen LogP contribution in [0.25, 0.3) is 77.1 Å². The minimum atomic E-state index is 0.989. The molecule has 39 heavy (non-hydrogen) atoms. The molecule has 0 unspecified atom stereocenters. The number of rotatable bonds is 2. The number of aromatic nitrogens is 4. The van der Waals surface area contributed by atoms with Crippen LogP contribution in [0.1, 0.15) is 12.8 Å². The second kappa shape index (κ2) is 7.71. The van der Waals surface area contributed by atoms with E-state index >= 15 is 0 Å². The number of para-hydroxylation sites is 3. The average Bonchev–Trinajstić information content (AvgIpc) is 3.63. The van der Waals surface area contributed by atoms with Crippen LogP contribution in [0, 0.1) is 0 Å². The molecule has 4 aromatic carbocycles. The molecule has 1 aliphatic carbocycles. The number of fused-ring (bicyclic) bond motifs is 9. The number of pyridine rings is 1. The van der Waals surface area contributed by atoms with E-state index in [1.165, 1.54) is 49.2 Å². The molecule has 4 nitrogen and oxygen atoms in total. The first-order valence-corrected chi connectivity index (χ1v) is 13.6. The number of H-pyrrole nitrogens is 1. The molecule has 0 saturated carbocycles. The molecule has 0 amide bonds. The summed E-state index contributed by atoms with van der Waals surface area (Å²) in [6.45, 7) is 0. The minimum absolute atomic E-state index is 0.989. The van der Waals surface area contributed by atoms with Crippen LogP contribution in [-0.2, 0) is 0 Å². The van der Waals surface area contributed by atoms with Crippen LogP contribution in [0.3, 0.4) is 0 Å². The third-order valence-electron chi connectivity index (χ3n) is 8.30. The fraction of sp³-hybridized carbons (Fsp3) is 0.0571. The smallest absolute Gasteiger partial charge is 0.146 e. The second-order valence-electron chi connectivity index (χ2n) is 10.5. The van der Waals surface area contributed by atoms with E-state index in [1.807, 2.05) is 0 Å². The normalized spacial score (nSPS) is 14.0. The summed E-state index contributed by atoms with van der Waals surface area (Å²) in [4.78, 5) is 9.02. The number of nitrogens with one attached hydrogen (secondary N) is 1. The van der Waals surface area contributed by atoms with Crippen LogP contribution in [0.15, 0.2) is 115 Å². The van der Waals surface area contributed by atoms with Gasteiger partial charge in [0.15, 0.2) is 0 Å². The summed E-state index contributed by atoms with van der Waals surface area (Å²) < 4.78 is 4.75. The number of benzene rings is 4. The SMILES string of the molecule is C1=CCCC(n2c3ccccc3c3nc4c(cc32)c2ccccc2n4-c2ccc3[nH]c4ccccc4c3c2)=C1. The quantitative estimate of drug-likeness (QED) is 0.252. The van der Waals surface area contributed by atoms with Crippen molar-refractivity contribution >= 4 is 71.4 Å². The summed E-state index contributed by atoms with van der Waals surface area (Å²) in [7, 11) is 0. The number of hydrogen-bond donors (Lipinski definition) is 1. The highest BCUT2D eigenvalue weighted by Gasteiger charge is 2.20. The number of hydrogen-bond acceptors (Lipinski definition) is 1. The first-order valence-electron chi connectivity index (χ1n) is 13.6. The van der Waals surface area contributed by atoms with E-state index in [4.69, 9.17) is 4.98 Å². The average molecular weight is 501 g/mol. The van der Waals surface area contributed by atoms with Gasteiger partial charge in [-0.15, -0.1) is 0 Å². The molecule has 0 atom stereocenters. The van der Waals surface area contributed by atoms with Gasteiger partial charge in [-0.25, -0.2) is 4.98 Å². The Labute approximate surface area is 224 Å². The van der Waals surface area contributed by atoms with Crippen molar-refractivity contribution in [2.24, 2.45) is 0 Å². The summed E-state index contributed by atoms with van der Waals surface area (Å²) in [5, 5.41) is 6.05. The van der Waals surface area contributed by atoms with Gasteiger partial charge in [-0.1, -0.05) is 66.7 Å². The van der Waals surface area contributed by atoms with Crippen molar-refractivity contribution in [3.05, 3.63) is 115 Å². The minimum Gasteiger partial charge on any atom is -0.355 e. The van der Waals surface area contributed by atoms with Crippen molar-refractivity contribution in [3.8, 4) is 5.69 Å². The van der Waals surface area contributed by atoms with Crippen molar-refractivity contribution in [3.63, 3.8) is 0 Å². The molecular formula is C35H24N4. The van der Waals surface area contributed by atoms with Crippen LogP contribution >= 0.6 is 0 Å². The summed E-state index contributed by atoms with van der Waals surface area (Å²) >= 11 is 0. The fourth-order valence-electron chi connectivity index (χ4n) is 6.56. The summed E-state index contributed by atoms with van der Waals surface area (Å²) in [6, 6.07) is 34.9. The lowest BCUT2D eigenvalue weighted by molar-refractivity contribution is 0.979. The van der Waals surface area contributed by atoms with Crippen molar-refractivity contribution in [2.45, 2.75) is 12.8 Å². The van der Waals surface area contributed by atoms with E-state index in [9.17, 15) is 0 Å². The van der Waals surface area contributed by atoms with Gasteiger partial charge in [-0.05, 0) is 61.4 Å². The standard InChI is InChI=1S/C35H24N4/c1-2-10-22(11-3-1)38-32-17-9-6-14-26(32)34-33(38)21-28-25-13-5-8-16-31(25)39(35(28)37-34)23-18-19-30-27(20-23)24-12-4-7-15-29(24)36-30/h1-2,4-10,12-21,36H,3,11H2. The lowest BCUT2D eigenvalue weighted by Gasteiger charge is -2.13. The Morgan fingerprint density at radius 3 is 2.21 bits per heavy atom. The lowest BCUT2D eigenvalue weighted by atomic mass is 10.1. The Kier molecular flexibility index (Phi) is 4.14. The Balaban J connectivity index is 1.42. The molecule has 1 aliphatic rings. The summed E-state index contributed by atoms with van der Waals surface area (Å²) in [6.07, 6.45) is 8.75. The van der Waals surface area contributed by atoms with Crippen LogP contribution < -0.4 is 0 Å². The van der Waals surface area contributed by atoms with Gasteiger partial charge in [-0.2, -0.15) is 0 Å². The molecule has 0 fully saturated rings. The largest absolute Gasteiger partial charge is 0.355 e. The van der Waals surface area contributed by atoms with Crippen molar-refractivity contribution < 1.29 is 0 Å².